The minimum Gasteiger partial charge on any atom is -0.483 e. The lowest BCUT2D eigenvalue weighted by molar-refractivity contribution is -0.142. The Morgan fingerprint density at radius 3 is 2.52 bits per heavy atom. The highest BCUT2D eigenvalue weighted by Gasteiger charge is 2.26. The van der Waals surface area contributed by atoms with Gasteiger partial charge in [0.15, 0.2) is 6.61 Å². The van der Waals surface area contributed by atoms with Crippen LogP contribution in [-0.4, -0.2) is 36.4 Å². The number of nitrogens with one attached hydrogen (secondary N) is 1. The highest BCUT2D eigenvalue weighted by molar-refractivity contribution is 9.10. The first kappa shape index (κ1) is 23.5. The first-order valence-electron chi connectivity index (χ1n) is 9.13. The number of aryl methyl sites for hydroxylation is 1. The van der Waals surface area contributed by atoms with E-state index in [0.717, 1.165) is 16.5 Å². The van der Waals surface area contributed by atoms with E-state index in [4.69, 9.17) is 27.9 Å². The third kappa shape index (κ3) is 6.36. The summed E-state index contributed by atoms with van der Waals surface area (Å²) in [7, 11) is 1.53. The molecule has 2 rings (SSSR count). The van der Waals surface area contributed by atoms with E-state index in [1.54, 1.807) is 25.1 Å². The van der Waals surface area contributed by atoms with Crippen LogP contribution in [-0.2, 0) is 22.6 Å². The Morgan fingerprint density at radius 1 is 1.21 bits per heavy atom. The monoisotopic (exact) mass is 500 g/mol. The van der Waals surface area contributed by atoms with E-state index in [1.165, 1.54) is 11.9 Å². The number of ether oxygens (including phenoxy) is 1. The lowest BCUT2D eigenvalue weighted by Crippen LogP contribution is -2.48. The molecule has 2 aromatic rings. The summed E-state index contributed by atoms with van der Waals surface area (Å²) in [6, 6.07) is 10.1. The van der Waals surface area contributed by atoms with Crippen molar-refractivity contribution in [3.05, 3.63) is 62.0 Å². The molecule has 0 bridgehead atoms. The predicted octanol–water partition coefficient (Wildman–Crippen LogP) is 4.86. The fraction of sp³-hybridized carbons (Fsp3) is 0.333. The van der Waals surface area contributed by atoms with Crippen LogP contribution in [0.5, 0.6) is 5.75 Å². The molecule has 0 saturated heterocycles. The summed E-state index contributed by atoms with van der Waals surface area (Å²) in [6.45, 7) is 3.66. The van der Waals surface area contributed by atoms with Crippen molar-refractivity contribution in [2.75, 3.05) is 13.7 Å². The van der Waals surface area contributed by atoms with Gasteiger partial charge in [-0.1, -0.05) is 42.3 Å². The van der Waals surface area contributed by atoms with Crippen molar-refractivity contribution < 1.29 is 14.3 Å². The average molecular weight is 502 g/mol. The summed E-state index contributed by atoms with van der Waals surface area (Å²) in [5.74, 6) is -0.0527. The highest BCUT2D eigenvalue weighted by atomic mass is 79.9. The summed E-state index contributed by atoms with van der Waals surface area (Å²) in [5, 5.41) is 3.50. The van der Waals surface area contributed by atoms with E-state index in [2.05, 4.69) is 28.2 Å². The molecule has 0 saturated carbocycles. The quantitative estimate of drug-likeness (QED) is 0.561. The first-order valence-corrected chi connectivity index (χ1v) is 10.7. The van der Waals surface area contributed by atoms with Crippen molar-refractivity contribution in [3.8, 4) is 5.75 Å². The Labute approximate surface area is 189 Å². The van der Waals surface area contributed by atoms with Crippen LogP contribution < -0.4 is 10.1 Å². The van der Waals surface area contributed by atoms with E-state index < -0.39 is 6.04 Å². The van der Waals surface area contributed by atoms with Crippen LogP contribution in [0.4, 0.5) is 0 Å². The molecule has 2 aromatic carbocycles. The van der Waals surface area contributed by atoms with Crippen LogP contribution in [0.2, 0.25) is 10.0 Å². The number of benzene rings is 2. The third-order valence-electron chi connectivity index (χ3n) is 4.53. The Balaban J connectivity index is 2.19. The molecule has 1 unspecified atom stereocenters. The minimum atomic E-state index is -0.700. The van der Waals surface area contributed by atoms with Gasteiger partial charge in [0, 0.05) is 23.6 Å². The fourth-order valence-corrected chi connectivity index (χ4v) is 3.74. The van der Waals surface area contributed by atoms with Crippen molar-refractivity contribution in [2.24, 2.45) is 0 Å². The summed E-state index contributed by atoms with van der Waals surface area (Å²) < 4.78 is 6.48. The van der Waals surface area contributed by atoms with E-state index in [1.807, 2.05) is 18.2 Å². The fourth-order valence-electron chi connectivity index (χ4n) is 2.73. The maximum Gasteiger partial charge on any atom is 0.261 e. The van der Waals surface area contributed by atoms with Gasteiger partial charge < -0.3 is 15.0 Å². The van der Waals surface area contributed by atoms with Gasteiger partial charge in [-0.25, -0.2) is 0 Å². The van der Waals surface area contributed by atoms with Gasteiger partial charge in [0.1, 0.15) is 11.8 Å². The molecule has 0 aliphatic rings. The maximum atomic E-state index is 12.9. The lowest BCUT2D eigenvalue weighted by atomic mass is 10.1. The minimum absolute atomic E-state index is 0.155. The Hall–Kier alpha value is -1.76. The molecule has 29 heavy (non-hydrogen) atoms. The number of carbonyl (C=O) groups excluding carboxylic acids is 2. The number of rotatable bonds is 8. The van der Waals surface area contributed by atoms with Crippen LogP contribution in [0.25, 0.3) is 0 Å². The number of hydrogen-bond donors (Lipinski definition) is 1. The SMILES string of the molecule is CCc1ccc(OCC(=O)N(Cc2ccc(Cl)cc2Cl)C(C)C(=O)NC)c(Br)c1. The Bertz CT molecular complexity index is 892. The summed E-state index contributed by atoms with van der Waals surface area (Å²) >= 11 is 15.7. The molecule has 0 heterocycles. The van der Waals surface area contributed by atoms with E-state index >= 15 is 0 Å². The van der Waals surface area contributed by atoms with Crippen molar-refractivity contribution in [1.82, 2.24) is 10.2 Å². The van der Waals surface area contributed by atoms with Gasteiger partial charge in [-0.2, -0.15) is 0 Å². The maximum absolute atomic E-state index is 12.9. The van der Waals surface area contributed by atoms with Crippen molar-refractivity contribution in [1.29, 1.82) is 0 Å². The molecule has 1 N–H and O–H groups in total. The molecular weight excluding hydrogens is 479 g/mol. The van der Waals surface area contributed by atoms with Crippen LogP contribution in [0, 0.1) is 0 Å². The normalized spacial score (nSPS) is 11.7. The predicted molar refractivity (Wildman–Crippen MR) is 120 cm³/mol. The van der Waals surface area contributed by atoms with Crippen molar-refractivity contribution in [3.63, 3.8) is 0 Å². The van der Waals surface area contributed by atoms with E-state index in [0.29, 0.717) is 21.4 Å². The van der Waals surface area contributed by atoms with Crippen molar-refractivity contribution >= 4 is 50.9 Å². The molecule has 0 aliphatic heterocycles. The van der Waals surface area contributed by atoms with Gasteiger partial charge in [0.2, 0.25) is 5.91 Å². The van der Waals surface area contributed by atoms with E-state index in [-0.39, 0.29) is 25.0 Å². The van der Waals surface area contributed by atoms with Gasteiger partial charge in [-0.05, 0) is 64.7 Å². The average Bonchev–Trinajstić information content (AvgIpc) is 2.70. The molecular formula is C21H23BrCl2N2O3. The molecule has 5 nitrogen and oxygen atoms in total. The van der Waals surface area contributed by atoms with Gasteiger partial charge in [-0.15, -0.1) is 0 Å². The molecule has 8 heteroatoms. The highest BCUT2D eigenvalue weighted by Crippen LogP contribution is 2.27. The third-order valence-corrected chi connectivity index (χ3v) is 5.73. The zero-order valence-corrected chi connectivity index (χ0v) is 19.6. The molecule has 1 atom stereocenters. The standard InChI is InChI=1S/C21H23BrCl2N2O3/c1-4-14-5-8-19(17(22)9-14)29-12-20(27)26(13(2)21(28)25-3)11-15-6-7-16(23)10-18(15)24/h5-10,13H,4,11-12H2,1-3H3,(H,25,28). The van der Waals surface area contributed by atoms with Crippen LogP contribution in [0.15, 0.2) is 40.9 Å². The molecule has 156 valence electrons. The largest absolute Gasteiger partial charge is 0.483 e. The Morgan fingerprint density at radius 2 is 1.93 bits per heavy atom. The molecule has 0 radical (unpaired) electrons. The second-order valence-corrected chi connectivity index (χ2v) is 8.15. The van der Waals surface area contributed by atoms with Gasteiger partial charge >= 0.3 is 0 Å². The molecule has 2 amide bonds. The van der Waals surface area contributed by atoms with Gasteiger partial charge in [0.05, 0.1) is 4.47 Å². The number of likely N-dealkylation sites (N-methyl/N-ethyl adjacent to an activating group) is 1. The van der Waals surface area contributed by atoms with E-state index in [9.17, 15) is 9.59 Å². The Kier molecular flexibility index (Phi) is 8.80. The van der Waals surface area contributed by atoms with Crippen molar-refractivity contribution in [2.45, 2.75) is 32.9 Å². The number of amides is 2. The van der Waals surface area contributed by atoms with Gasteiger partial charge in [0.25, 0.3) is 5.91 Å². The molecule has 0 spiro atoms. The topological polar surface area (TPSA) is 58.6 Å². The lowest BCUT2D eigenvalue weighted by Gasteiger charge is -2.28. The zero-order chi connectivity index (χ0) is 21.6. The smallest absolute Gasteiger partial charge is 0.261 e. The molecule has 0 aliphatic carbocycles. The zero-order valence-electron chi connectivity index (χ0n) is 16.5. The van der Waals surface area contributed by atoms with Crippen LogP contribution in [0.3, 0.4) is 0 Å². The number of carbonyl (C=O) groups is 2. The second-order valence-electron chi connectivity index (χ2n) is 6.45. The molecule has 0 aromatic heterocycles. The van der Waals surface area contributed by atoms with Crippen LogP contribution in [0.1, 0.15) is 25.0 Å². The second kappa shape index (κ2) is 10.9. The number of halogens is 3. The summed E-state index contributed by atoms with van der Waals surface area (Å²) in [6.07, 6.45) is 0.900. The summed E-state index contributed by atoms with van der Waals surface area (Å²) in [4.78, 5) is 26.5. The van der Waals surface area contributed by atoms with Crippen LogP contribution >= 0.6 is 39.1 Å². The van der Waals surface area contributed by atoms with Gasteiger partial charge in [-0.3, -0.25) is 9.59 Å². The number of nitrogens with zero attached hydrogens (tertiary/aromatic N) is 1. The first-order chi connectivity index (χ1) is 13.8. The number of hydrogen-bond acceptors (Lipinski definition) is 3. The summed E-state index contributed by atoms with van der Waals surface area (Å²) in [5.41, 5.74) is 1.84. The molecule has 0 fully saturated rings.